The van der Waals surface area contributed by atoms with Gasteiger partial charge in [-0.2, -0.15) is 5.10 Å². The first-order chi connectivity index (χ1) is 31.2. The number of hydrogen-bond acceptors (Lipinski definition) is 8. The number of imide groups is 1. The fraction of sp³-hybridized carbons (Fsp3) is 0.347. The summed E-state index contributed by atoms with van der Waals surface area (Å²) < 4.78 is 29.7. The first-order valence-electron chi connectivity index (χ1n) is 21.7. The van der Waals surface area contributed by atoms with Gasteiger partial charge in [0.25, 0.3) is 11.8 Å². The maximum absolute atomic E-state index is 13.9. The number of piperidine rings is 1. The second-order valence-corrected chi connectivity index (χ2v) is 17.1. The molecular weight excluding hydrogens is 855 g/mol. The van der Waals surface area contributed by atoms with Crippen LogP contribution in [0.3, 0.4) is 0 Å². The molecule has 8 rings (SSSR count). The molecule has 6 aromatic rings. The van der Waals surface area contributed by atoms with Gasteiger partial charge in [-0.05, 0) is 106 Å². The number of nitrogens with zero attached hydrogens (tertiary/aromatic N) is 5. The van der Waals surface area contributed by atoms with Crippen LogP contribution in [0.25, 0.3) is 32.8 Å². The quantitative estimate of drug-likeness (QED) is 0.0687. The Morgan fingerprint density at radius 1 is 0.954 bits per heavy atom. The Labute approximate surface area is 379 Å². The van der Waals surface area contributed by atoms with Gasteiger partial charge >= 0.3 is 5.97 Å². The average molecular weight is 905 g/mol. The van der Waals surface area contributed by atoms with Gasteiger partial charge in [0.1, 0.15) is 29.1 Å². The number of aryl methyl sites for hydroxylation is 4. The lowest BCUT2D eigenvalue weighted by atomic mass is 9.98. The smallest absolute Gasteiger partial charge is 0.352 e. The molecule has 338 valence electrons. The van der Waals surface area contributed by atoms with Crippen molar-refractivity contribution in [1.82, 2.24) is 29.5 Å². The number of likely N-dealkylation sites (N-methyl/N-ethyl adjacent to an activating group) is 1. The molecule has 4 heterocycles. The van der Waals surface area contributed by atoms with Gasteiger partial charge in [0.2, 0.25) is 11.8 Å². The zero-order valence-corrected chi connectivity index (χ0v) is 37.5. The number of aromatic carboxylic acids is 1. The largest absolute Gasteiger partial charge is 0.493 e. The van der Waals surface area contributed by atoms with E-state index in [9.17, 15) is 33.5 Å². The van der Waals surface area contributed by atoms with Crippen LogP contribution in [0, 0.1) is 19.7 Å². The van der Waals surface area contributed by atoms with Crippen molar-refractivity contribution in [2.24, 2.45) is 7.05 Å². The first-order valence-corrected chi connectivity index (χ1v) is 22.1. The highest BCUT2D eigenvalue weighted by atomic mass is 35.5. The summed E-state index contributed by atoms with van der Waals surface area (Å²) in [5.74, 6) is -1.84. The number of carboxylic acid groups (broad SMARTS) is 1. The molecule has 2 aliphatic heterocycles. The van der Waals surface area contributed by atoms with E-state index in [1.54, 1.807) is 40.9 Å². The second-order valence-electron chi connectivity index (χ2n) is 16.7. The maximum atomic E-state index is 13.9. The van der Waals surface area contributed by atoms with Crippen LogP contribution in [0.5, 0.6) is 11.5 Å². The second kappa shape index (κ2) is 18.8. The SMILES string of the molecule is Cc1nn(C)c(C)c1-c1c(Cl)ccc2c(CCCOc3cccc4cc(F)ccc34)c(C(=O)O)n(CCCCCN(C)C(=O)COc3cccc4c3CN(C3CCC(=O)NC3=O)C4=O)c12. The number of rotatable bonds is 17. The molecule has 1 fully saturated rings. The van der Waals surface area contributed by atoms with Crippen LogP contribution in [0.15, 0.2) is 66.7 Å². The van der Waals surface area contributed by atoms with E-state index in [-0.39, 0.29) is 55.2 Å². The topological polar surface area (TPSA) is 165 Å². The van der Waals surface area contributed by atoms with Gasteiger partial charge in [-0.25, -0.2) is 9.18 Å². The average Bonchev–Trinajstić information content (AvgIpc) is 3.87. The Morgan fingerprint density at radius 2 is 1.72 bits per heavy atom. The lowest BCUT2D eigenvalue weighted by Crippen LogP contribution is -2.52. The third-order valence-electron chi connectivity index (χ3n) is 12.6. The molecule has 4 amide bonds. The van der Waals surface area contributed by atoms with Crippen molar-refractivity contribution >= 4 is 62.9 Å². The van der Waals surface area contributed by atoms with Gasteiger partial charge < -0.3 is 28.9 Å². The van der Waals surface area contributed by atoms with Crippen LogP contribution in [-0.2, 0) is 40.9 Å². The highest BCUT2D eigenvalue weighted by Crippen LogP contribution is 2.42. The van der Waals surface area contributed by atoms with Crippen molar-refractivity contribution in [3.63, 3.8) is 0 Å². The zero-order chi connectivity index (χ0) is 46.1. The first kappa shape index (κ1) is 44.9. The molecule has 16 heteroatoms. The number of aromatic nitrogens is 3. The number of hydrogen-bond donors (Lipinski definition) is 2. The molecule has 1 unspecified atom stereocenters. The van der Waals surface area contributed by atoms with Gasteiger partial charge in [0, 0.05) is 72.3 Å². The van der Waals surface area contributed by atoms with Crippen molar-refractivity contribution < 1.29 is 42.9 Å². The monoisotopic (exact) mass is 904 g/mol. The molecule has 0 aliphatic carbocycles. The highest BCUT2D eigenvalue weighted by molar-refractivity contribution is 6.35. The third kappa shape index (κ3) is 8.89. The molecule has 2 aliphatic rings. The van der Waals surface area contributed by atoms with Crippen LogP contribution in [0.2, 0.25) is 5.02 Å². The van der Waals surface area contributed by atoms with Gasteiger partial charge in [-0.15, -0.1) is 0 Å². The van der Waals surface area contributed by atoms with E-state index in [1.165, 1.54) is 17.0 Å². The van der Waals surface area contributed by atoms with E-state index < -0.39 is 17.9 Å². The van der Waals surface area contributed by atoms with Gasteiger partial charge in [0.05, 0.1) is 29.4 Å². The predicted molar refractivity (Wildman–Crippen MR) is 243 cm³/mol. The molecule has 0 spiro atoms. The molecule has 4 aromatic carbocycles. The van der Waals surface area contributed by atoms with Crippen molar-refractivity contribution in [3.05, 3.63) is 111 Å². The van der Waals surface area contributed by atoms with Crippen molar-refractivity contribution in [1.29, 1.82) is 0 Å². The lowest BCUT2D eigenvalue weighted by molar-refractivity contribution is -0.137. The summed E-state index contributed by atoms with van der Waals surface area (Å²) in [6.07, 6.45) is 3.23. The fourth-order valence-electron chi connectivity index (χ4n) is 9.23. The van der Waals surface area contributed by atoms with Crippen LogP contribution < -0.4 is 14.8 Å². The molecule has 0 bridgehead atoms. The molecule has 1 atom stereocenters. The molecular formula is C49H50ClFN6O8. The van der Waals surface area contributed by atoms with Crippen LogP contribution in [0.1, 0.15) is 81.9 Å². The number of nitrogens with one attached hydrogen (secondary N) is 1. The minimum absolute atomic E-state index is 0.127. The number of carboxylic acids is 1. The van der Waals surface area contributed by atoms with Crippen molar-refractivity contribution in [2.45, 2.75) is 77.9 Å². The fourth-order valence-corrected chi connectivity index (χ4v) is 9.48. The molecule has 2 aromatic heterocycles. The number of benzene rings is 4. The van der Waals surface area contributed by atoms with E-state index in [0.717, 1.165) is 44.2 Å². The number of unbranched alkanes of at least 4 members (excludes halogenated alkanes) is 2. The molecule has 14 nitrogen and oxygen atoms in total. The number of fused-ring (bicyclic) bond motifs is 3. The number of halogens is 2. The summed E-state index contributed by atoms with van der Waals surface area (Å²) in [5.41, 5.74) is 5.80. The van der Waals surface area contributed by atoms with Crippen molar-refractivity contribution in [3.8, 4) is 22.6 Å². The minimum atomic E-state index is -1.06. The molecule has 0 saturated carbocycles. The number of carbonyl (C=O) groups excluding carboxylic acids is 4. The summed E-state index contributed by atoms with van der Waals surface area (Å²) in [6.45, 7) is 4.85. The summed E-state index contributed by atoms with van der Waals surface area (Å²) in [6, 6.07) is 18.0. The zero-order valence-electron chi connectivity index (χ0n) is 36.7. The van der Waals surface area contributed by atoms with Crippen molar-refractivity contribution in [2.75, 3.05) is 26.8 Å². The molecule has 1 saturated heterocycles. The minimum Gasteiger partial charge on any atom is -0.493 e. The van der Waals surface area contributed by atoms with Crippen LogP contribution >= 0.6 is 11.6 Å². The Kier molecular flexibility index (Phi) is 13.0. The normalized spacial score (nSPS) is 14.9. The summed E-state index contributed by atoms with van der Waals surface area (Å²) in [4.78, 5) is 67.0. The standard InChI is InChI=1S/C49H50ClFN6O8/c1-28-43(29(2)55(4)53-28)44-37(50)19-18-34-33(13-10-24-64-39-14-8-11-30-25-31(51)16-17-32(30)39)46(49(62)63)56(45(34)44)23-7-5-6-22-54(3)42(59)27-65-40-15-9-12-35-36(40)26-57(48(35)61)38-20-21-41(58)52-47(38)60/h8-9,11-12,14-19,25,38H,5-7,10,13,20-24,26-27H2,1-4H3,(H,62,63)(H,52,58,60). The lowest BCUT2D eigenvalue weighted by Gasteiger charge is -2.29. The highest BCUT2D eigenvalue weighted by Gasteiger charge is 2.40. The van der Waals surface area contributed by atoms with E-state index in [1.807, 2.05) is 55.8 Å². The van der Waals surface area contributed by atoms with Crippen LogP contribution in [0.4, 0.5) is 4.39 Å². The molecule has 65 heavy (non-hydrogen) atoms. The van der Waals surface area contributed by atoms with Gasteiger partial charge in [-0.1, -0.05) is 35.9 Å². The number of amides is 4. The predicted octanol–water partition coefficient (Wildman–Crippen LogP) is 7.78. The Hall–Kier alpha value is -6.74. The Balaban J connectivity index is 0.943. The van der Waals surface area contributed by atoms with E-state index in [2.05, 4.69) is 10.4 Å². The summed E-state index contributed by atoms with van der Waals surface area (Å²) in [7, 11) is 3.56. The van der Waals surface area contributed by atoms with Crippen LogP contribution in [-0.4, -0.2) is 91.7 Å². The summed E-state index contributed by atoms with van der Waals surface area (Å²) >= 11 is 7.02. The Bertz CT molecular complexity index is 2890. The maximum Gasteiger partial charge on any atom is 0.352 e. The third-order valence-corrected chi connectivity index (χ3v) is 12.9. The molecule has 2 N–H and O–H groups in total. The van der Waals surface area contributed by atoms with Gasteiger partial charge in [0.15, 0.2) is 6.61 Å². The van der Waals surface area contributed by atoms with E-state index in [4.69, 9.17) is 21.1 Å². The molecule has 0 radical (unpaired) electrons. The number of carbonyl (C=O) groups is 5. The van der Waals surface area contributed by atoms with E-state index in [0.29, 0.717) is 85.0 Å². The van der Waals surface area contributed by atoms with E-state index >= 15 is 0 Å². The van der Waals surface area contributed by atoms with Gasteiger partial charge in [-0.3, -0.25) is 29.2 Å². The summed E-state index contributed by atoms with van der Waals surface area (Å²) in [5, 5.41) is 20.6. The Morgan fingerprint density at radius 3 is 2.48 bits per heavy atom. The number of ether oxygens (including phenoxy) is 2.